The molecule has 8 nitrogen and oxygen atoms in total. The zero-order chi connectivity index (χ0) is 24.2. The van der Waals surface area contributed by atoms with Gasteiger partial charge in [0, 0.05) is 23.6 Å². The number of carbonyl (C=O) groups excluding carboxylic acids is 1. The Morgan fingerprint density at radius 1 is 1.21 bits per heavy atom. The number of ether oxygens (including phenoxy) is 1. The molecule has 4 rings (SSSR count). The number of amides is 1. The number of carbonyl (C=O) groups is 1. The van der Waals surface area contributed by atoms with Crippen molar-refractivity contribution in [2.45, 2.75) is 39.5 Å². The summed E-state index contributed by atoms with van der Waals surface area (Å²) in [4.78, 5) is 17.3. The highest BCUT2D eigenvalue weighted by Gasteiger charge is 2.18. The third-order valence-electron chi connectivity index (χ3n) is 5.38. The normalized spacial score (nSPS) is 12.4. The Labute approximate surface area is 195 Å². The van der Waals surface area contributed by atoms with E-state index in [1.165, 1.54) is 18.5 Å². The van der Waals surface area contributed by atoms with Crippen molar-refractivity contribution in [3.63, 3.8) is 0 Å². The van der Waals surface area contributed by atoms with Gasteiger partial charge in [-0.2, -0.15) is 0 Å². The van der Waals surface area contributed by atoms with E-state index in [0.717, 1.165) is 5.52 Å². The van der Waals surface area contributed by atoms with Gasteiger partial charge in [-0.05, 0) is 51.1 Å². The van der Waals surface area contributed by atoms with Gasteiger partial charge >= 0.3 is 0 Å². The Balaban J connectivity index is 1.57. The zero-order valence-electron chi connectivity index (χ0n) is 19.2. The second-order valence-electron chi connectivity index (χ2n) is 8.25. The van der Waals surface area contributed by atoms with Crippen molar-refractivity contribution in [1.82, 2.24) is 24.3 Å². The monoisotopic (exact) mass is 468 g/mol. The van der Waals surface area contributed by atoms with Crippen molar-refractivity contribution in [3.05, 3.63) is 60.3 Å². The van der Waals surface area contributed by atoms with Gasteiger partial charge in [-0.15, -0.1) is 10.2 Å². The first-order valence-corrected chi connectivity index (χ1v) is 11.0. The lowest BCUT2D eigenvalue weighted by molar-refractivity contribution is 0.0733. The molecular formula is C24H26F2N6O2. The largest absolute Gasteiger partial charge is 0.377 e. The maximum absolute atomic E-state index is 14.8. The van der Waals surface area contributed by atoms with Crippen molar-refractivity contribution >= 4 is 22.6 Å². The smallest absolute Gasteiger partial charge is 0.259 e. The van der Waals surface area contributed by atoms with Crippen LogP contribution >= 0.6 is 0 Å². The number of aromatic nitrogens is 5. The molecule has 1 amide bonds. The zero-order valence-corrected chi connectivity index (χ0v) is 19.2. The molecule has 178 valence electrons. The van der Waals surface area contributed by atoms with Crippen LogP contribution in [0.3, 0.4) is 0 Å². The lowest BCUT2D eigenvalue weighted by atomic mass is 10.1. The van der Waals surface area contributed by atoms with Gasteiger partial charge in [0.25, 0.3) is 5.91 Å². The van der Waals surface area contributed by atoms with Crippen LogP contribution in [0, 0.1) is 5.82 Å². The Morgan fingerprint density at radius 2 is 2.03 bits per heavy atom. The van der Waals surface area contributed by atoms with Gasteiger partial charge in [0.15, 0.2) is 5.82 Å². The van der Waals surface area contributed by atoms with Gasteiger partial charge in [0.05, 0.1) is 24.3 Å². The minimum atomic E-state index is -0.631. The molecule has 0 aliphatic carbocycles. The number of fused-ring (bicyclic) bond motifs is 1. The first-order chi connectivity index (χ1) is 16.4. The first-order valence-electron chi connectivity index (χ1n) is 11.0. The Morgan fingerprint density at radius 3 is 2.79 bits per heavy atom. The molecule has 3 heterocycles. The summed E-state index contributed by atoms with van der Waals surface area (Å²) >= 11 is 0. The lowest BCUT2D eigenvalue weighted by Gasteiger charge is -2.12. The van der Waals surface area contributed by atoms with Crippen molar-refractivity contribution in [2.75, 3.05) is 18.6 Å². The molecular weight excluding hydrogens is 442 g/mol. The number of nitrogens with zero attached hydrogens (tertiary/aromatic N) is 5. The lowest BCUT2D eigenvalue weighted by Crippen LogP contribution is -2.16. The Hall–Kier alpha value is -3.66. The van der Waals surface area contributed by atoms with Gasteiger partial charge in [-0.25, -0.2) is 13.8 Å². The number of hydrogen-bond acceptors (Lipinski definition) is 5. The van der Waals surface area contributed by atoms with E-state index in [2.05, 4.69) is 20.5 Å². The predicted molar refractivity (Wildman–Crippen MR) is 125 cm³/mol. The van der Waals surface area contributed by atoms with Crippen LogP contribution in [0.15, 0.2) is 48.9 Å². The van der Waals surface area contributed by atoms with Crippen LogP contribution in [-0.2, 0) is 11.3 Å². The summed E-state index contributed by atoms with van der Waals surface area (Å²) < 4.78 is 37.0. The summed E-state index contributed by atoms with van der Waals surface area (Å²) in [5.41, 5.74) is 1.04. The van der Waals surface area contributed by atoms with Gasteiger partial charge in [0.1, 0.15) is 30.3 Å². The average Bonchev–Trinajstić information content (AvgIpc) is 3.45. The number of benzene rings is 1. The number of hydrogen-bond donors (Lipinski definition) is 1. The fraction of sp³-hybridized carbons (Fsp3) is 0.333. The molecule has 0 radical (unpaired) electrons. The van der Waals surface area contributed by atoms with Crippen LogP contribution in [0.5, 0.6) is 0 Å². The van der Waals surface area contributed by atoms with E-state index in [1.54, 1.807) is 35.8 Å². The van der Waals surface area contributed by atoms with Crippen molar-refractivity contribution in [3.8, 4) is 11.5 Å². The molecule has 10 heteroatoms. The Kier molecular flexibility index (Phi) is 6.97. The van der Waals surface area contributed by atoms with E-state index in [4.69, 9.17) is 4.74 Å². The van der Waals surface area contributed by atoms with Crippen molar-refractivity contribution in [2.24, 2.45) is 0 Å². The molecule has 34 heavy (non-hydrogen) atoms. The second-order valence-corrected chi connectivity index (χ2v) is 8.25. The molecule has 1 unspecified atom stereocenters. The van der Waals surface area contributed by atoms with Crippen LogP contribution in [-0.4, -0.2) is 49.6 Å². The molecule has 0 saturated carbocycles. The molecule has 1 N–H and O–H groups in total. The number of rotatable bonds is 9. The summed E-state index contributed by atoms with van der Waals surface area (Å²) in [7, 11) is 0. The molecule has 1 aromatic carbocycles. The van der Waals surface area contributed by atoms with E-state index in [0.29, 0.717) is 30.1 Å². The fourth-order valence-corrected chi connectivity index (χ4v) is 3.60. The van der Waals surface area contributed by atoms with Gasteiger partial charge < -0.3 is 19.2 Å². The number of pyridine rings is 1. The second kappa shape index (κ2) is 10.1. The number of halogens is 2. The van der Waals surface area contributed by atoms with E-state index in [9.17, 15) is 13.6 Å². The van der Waals surface area contributed by atoms with Crippen LogP contribution < -0.4 is 5.32 Å². The first kappa shape index (κ1) is 23.5. The molecule has 0 spiro atoms. The third kappa shape index (κ3) is 4.96. The van der Waals surface area contributed by atoms with Crippen molar-refractivity contribution in [1.29, 1.82) is 0 Å². The van der Waals surface area contributed by atoms with Gasteiger partial charge in [-0.1, -0.05) is 6.07 Å². The quantitative estimate of drug-likeness (QED) is 0.387. The number of anilines is 1. The maximum Gasteiger partial charge on any atom is 0.259 e. The van der Waals surface area contributed by atoms with Crippen LogP contribution in [0.2, 0.25) is 0 Å². The molecule has 0 fully saturated rings. The SMILES string of the molecule is CC(C)OCCn1ccc2cc(F)c(C(=O)Nc3cccc(-c4nncn4C(C)CF)n3)cc21. The van der Waals surface area contributed by atoms with Gasteiger partial charge in [-0.3, -0.25) is 4.79 Å². The molecule has 0 aliphatic rings. The summed E-state index contributed by atoms with van der Waals surface area (Å²) in [6.07, 6.45) is 3.38. The minimum Gasteiger partial charge on any atom is -0.377 e. The molecule has 4 aromatic rings. The standard InChI is InChI=1S/C24H26F2N6O2/c1-15(2)34-10-9-31-8-7-17-11-19(26)18(12-21(17)31)24(33)29-22-6-4-5-20(28-22)23-30-27-14-32(23)16(3)13-25/h4-8,11-12,14-16H,9-10,13H2,1-3H3,(H,28,29,33). The fourth-order valence-electron chi connectivity index (χ4n) is 3.60. The summed E-state index contributed by atoms with van der Waals surface area (Å²) in [6, 6.07) is 9.15. The topological polar surface area (TPSA) is 86.9 Å². The highest BCUT2D eigenvalue weighted by atomic mass is 19.1. The van der Waals surface area contributed by atoms with E-state index in [-0.39, 0.29) is 17.5 Å². The Bertz CT molecular complexity index is 1300. The molecule has 0 aliphatic heterocycles. The predicted octanol–water partition coefficient (Wildman–Crippen LogP) is 4.64. The van der Waals surface area contributed by atoms with E-state index < -0.39 is 24.4 Å². The summed E-state index contributed by atoms with van der Waals surface area (Å²) in [5, 5.41) is 11.2. The number of alkyl halides is 1. The van der Waals surface area contributed by atoms with Crippen LogP contribution in [0.1, 0.15) is 37.2 Å². The van der Waals surface area contributed by atoms with Gasteiger partial charge in [0.2, 0.25) is 0 Å². The molecule has 1 atom stereocenters. The highest BCUT2D eigenvalue weighted by molar-refractivity contribution is 6.06. The van der Waals surface area contributed by atoms with Crippen molar-refractivity contribution < 1.29 is 18.3 Å². The number of nitrogens with one attached hydrogen (secondary N) is 1. The third-order valence-corrected chi connectivity index (χ3v) is 5.38. The summed E-state index contributed by atoms with van der Waals surface area (Å²) in [6.45, 7) is 6.11. The molecule has 0 saturated heterocycles. The van der Waals surface area contributed by atoms with E-state index >= 15 is 0 Å². The minimum absolute atomic E-state index is 0.0985. The summed E-state index contributed by atoms with van der Waals surface area (Å²) in [5.74, 6) is -0.678. The average molecular weight is 469 g/mol. The highest BCUT2D eigenvalue weighted by Crippen LogP contribution is 2.23. The van der Waals surface area contributed by atoms with Crippen LogP contribution in [0.4, 0.5) is 14.6 Å². The van der Waals surface area contributed by atoms with Crippen LogP contribution in [0.25, 0.3) is 22.4 Å². The maximum atomic E-state index is 14.8. The van der Waals surface area contributed by atoms with E-state index in [1.807, 2.05) is 24.6 Å². The molecule has 0 bridgehead atoms. The molecule has 3 aromatic heterocycles.